The number of hydrogen-bond donors (Lipinski definition) is 0. The van der Waals surface area contributed by atoms with Crippen molar-refractivity contribution in [2.24, 2.45) is 0 Å². The lowest BCUT2D eigenvalue weighted by atomic mass is 10.5. The summed E-state index contributed by atoms with van der Waals surface area (Å²) in [5.41, 5.74) is 0. The van der Waals surface area contributed by atoms with Crippen LogP contribution in [0.3, 0.4) is 0 Å². The van der Waals surface area contributed by atoms with E-state index in [2.05, 4.69) is 22.6 Å². The van der Waals surface area contributed by atoms with Gasteiger partial charge in [-0.15, -0.1) is 0 Å². The molecule has 2 nitrogen and oxygen atoms in total. The van der Waals surface area contributed by atoms with Gasteiger partial charge >= 0.3 is 0 Å². The molecule has 66 valence electrons. The largest absolute Gasteiger partial charge is 0.348 e. The number of rotatable bonds is 5. The summed E-state index contributed by atoms with van der Waals surface area (Å²) in [5.74, 6) is 0. The highest BCUT2D eigenvalue weighted by molar-refractivity contribution is 14.1. The molecule has 11 heavy (non-hydrogen) atoms. The molecule has 0 aliphatic heterocycles. The van der Waals surface area contributed by atoms with E-state index in [-0.39, 0.29) is 6.29 Å². The third kappa shape index (κ3) is 4.76. The fourth-order valence-corrected chi connectivity index (χ4v) is 1.01. The second-order valence-corrected chi connectivity index (χ2v) is 3.16. The molecule has 0 aliphatic carbocycles. The van der Waals surface area contributed by atoms with Gasteiger partial charge in [-0.3, -0.25) is 0 Å². The molecular formula is C8H15IO2. The summed E-state index contributed by atoms with van der Waals surface area (Å²) in [6.07, 6.45) is 1.84. The topological polar surface area (TPSA) is 18.5 Å². The van der Waals surface area contributed by atoms with Gasteiger partial charge in [-0.1, -0.05) is 6.08 Å². The van der Waals surface area contributed by atoms with Crippen LogP contribution in [-0.2, 0) is 9.47 Å². The fourth-order valence-electron chi connectivity index (χ4n) is 0.646. The van der Waals surface area contributed by atoms with Gasteiger partial charge in [0.25, 0.3) is 0 Å². The van der Waals surface area contributed by atoms with Gasteiger partial charge < -0.3 is 9.47 Å². The zero-order valence-corrected chi connectivity index (χ0v) is 9.42. The maximum atomic E-state index is 5.34. The Morgan fingerprint density at radius 1 is 1.36 bits per heavy atom. The third-order valence-corrected chi connectivity index (χ3v) is 2.27. The van der Waals surface area contributed by atoms with Crippen LogP contribution in [0.4, 0.5) is 0 Å². The molecule has 0 heterocycles. The second-order valence-electron chi connectivity index (χ2n) is 1.92. The van der Waals surface area contributed by atoms with Crippen molar-refractivity contribution in [2.45, 2.75) is 27.1 Å². The van der Waals surface area contributed by atoms with Crippen molar-refractivity contribution >= 4 is 22.6 Å². The number of ether oxygens (including phenoxy) is 2. The first-order valence-electron chi connectivity index (χ1n) is 3.81. The van der Waals surface area contributed by atoms with Crippen LogP contribution in [-0.4, -0.2) is 19.5 Å². The van der Waals surface area contributed by atoms with Gasteiger partial charge in [0, 0.05) is 16.8 Å². The lowest BCUT2D eigenvalue weighted by Crippen LogP contribution is -2.17. The lowest BCUT2D eigenvalue weighted by molar-refractivity contribution is -0.105. The minimum atomic E-state index is -0.157. The molecule has 0 aromatic carbocycles. The Morgan fingerprint density at radius 2 is 1.82 bits per heavy atom. The third-order valence-electron chi connectivity index (χ3n) is 1.14. The Balaban J connectivity index is 3.87. The van der Waals surface area contributed by atoms with Crippen molar-refractivity contribution < 1.29 is 9.47 Å². The first-order valence-corrected chi connectivity index (χ1v) is 4.89. The van der Waals surface area contributed by atoms with Crippen LogP contribution >= 0.6 is 22.6 Å². The molecule has 0 bridgehead atoms. The Bertz CT molecular complexity index is 117. The number of hydrogen-bond acceptors (Lipinski definition) is 2. The summed E-state index contributed by atoms with van der Waals surface area (Å²) in [6, 6.07) is 0. The Hall–Kier alpha value is 0.390. The van der Waals surface area contributed by atoms with Crippen LogP contribution in [0.2, 0.25) is 0 Å². The number of allylic oxidation sites excluding steroid dienone is 1. The van der Waals surface area contributed by atoms with E-state index < -0.39 is 0 Å². The summed E-state index contributed by atoms with van der Waals surface area (Å²) in [5, 5.41) is 0. The maximum absolute atomic E-state index is 5.34. The summed E-state index contributed by atoms with van der Waals surface area (Å²) >= 11 is 2.23. The van der Waals surface area contributed by atoms with E-state index in [4.69, 9.17) is 9.47 Å². The Kier molecular flexibility index (Phi) is 7.31. The first-order chi connectivity index (χ1) is 5.26. The minimum absolute atomic E-state index is 0.157. The highest BCUT2D eigenvalue weighted by Crippen LogP contribution is 2.15. The van der Waals surface area contributed by atoms with Crippen LogP contribution in [0, 0.1) is 0 Å². The van der Waals surface area contributed by atoms with E-state index in [1.807, 2.05) is 26.8 Å². The van der Waals surface area contributed by atoms with Crippen LogP contribution in [0.25, 0.3) is 0 Å². The zero-order chi connectivity index (χ0) is 8.69. The minimum Gasteiger partial charge on any atom is -0.348 e. The van der Waals surface area contributed by atoms with Crippen LogP contribution in [0.1, 0.15) is 20.8 Å². The molecule has 0 aromatic rings. The second kappa shape index (κ2) is 7.06. The molecule has 0 aromatic heterocycles. The Morgan fingerprint density at radius 3 is 2.09 bits per heavy atom. The van der Waals surface area contributed by atoms with Crippen LogP contribution in [0.15, 0.2) is 9.66 Å². The van der Waals surface area contributed by atoms with E-state index >= 15 is 0 Å². The van der Waals surface area contributed by atoms with Crippen molar-refractivity contribution in [3.05, 3.63) is 9.66 Å². The molecule has 0 rings (SSSR count). The molecule has 0 fully saturated rings. The normalized spacial score (nSPS) is 12.6. The van der Waals surface area contributed by atoms with Crippen molar-refractivity contribution in [3.63, 3.8) is 0 Å². The maximum Gasteiger partial charge on any atom is 0.189 e. The van der Waals surface area contributed by atoms with Crippen LogP contribution < -0.4 is 0 Å². The Labute approximate surface area is 82.1 Å². The standard InChI is InChI=1S/C8H15IO2/c1-4-7(9)8(10-5-2)11-6-3/h4,8H,5-6H2,1-3H3/b7-4-. The van der Waals surface area contributed by atoms with Gasteiger partial charge in [0.2, 0.25) is 0 Å². The molecule has 0 spiro atoms. The van der Waals surface area contributed by atoms with E-state index in [0.29, 0.717) is 13.2 Å². The zero-order valence-electron chi connectivity index (χ0n) is 7.26. The van der Waals surface area contributed by atoms with Crippen LogP contribution in [0.5, 0.6) is 0 Å². The molecule has 3 heteroatoms. The summed E-state index contributed by atoms with van der Waals surface area (Å²) in [4.78, 5) is 0. The SMILES string of the molecule is C/C=C(\I)C(OCC)OCC. The average molecular weight is 270 g/mol. The molecule has 0 aliphatic rings. The van der Waals surface area contributed by atoms with Gasteiger partial charge in [0.05, 0.1) is 0 Å². The molecule has 0 unspecified atom stereocenters. The van der Waals surface area contributed by atoms with E-state index in [9.17, 15) is 0 Å². The molecule has 0 N–H and O–H groups in total. The van der Waals surface area contributed by atoms with E-state index in [1.165, 1.54) is 0 Å². The monoisotopic (exact) mass is 270 g/mol. The average Bonchev–Trinajstić information content (AvgIpc) is 2.03. The predicted octanol–water partition coefficient (Wildman–Crippen LogP) is 2.72. The van der Waals surface area contributed by atoms with Crippen molar-refractivity contribution in [3.8, 4) is 0 Å². The fraction of sp³-hybridized carbons (Fsp3) is 0.750. The van der Waals surface area contributed by atoms with E-state index in [1.54, 1.807) is 0 Å². The summed E-state index contributed by atoms with van der Waals surface area (Å²) < 4.78 is 11.8. The van der Waals surface area contributed by atoms with Crippen molar-refractivity contribution in [1.29, 1.82) is 0 Å². The molecule has 0 radical (unpaired) electrons. The van der Waals surface area contributed by atoms with Crippen molar-refractivity contribution in [2.75, 3.05) is 13.2 Å². The molecule has 0 saturated carbocycles. The van der Waals surface area contributed by atoms with Gasteiger partial charge in [-0.05, 0) is 43.4 Å². The summed E-state index contributed by atoms with van der Waals surface area (Å²) in [6.45, 7) is 7.28. The molecule has 0 saturated heterocycles. The molecular weight excluding hydrogens is 255 g/mol. The predicted molar refractivity (Wildman–Crippen MR) is 54.8 cm³/mol. The quantitative estimate of drug-likeness (QED) is 0.565. The van der Waals surface area contributed by atoms with Gasteiger partial charge in [-0.2, -0.15) is 0 Å². The highest BCUT2D eigenvalue weighted by atomic mass is 127. The number of halogens is 1. The molecule has 0 atom stereocenters. The summed E-state index contributed by atoms with van der Waals surface area (Å²) in [7, 11) is 0. The van der Waals surface area contributed by atoms with Gasteiger partial charge in [0.15, 0.2) is 6.29 Å². The smallest absolute Gasteiger partial charge is 0.189 e. The molecule has 0 amide bonds. The first kappa shape index (κ1) is 11.4. The van der Waals surface area contributed by atoms with Crippen molar-refractivity contribution in [1.82, 2.24) is 0 Å². The van der Waals surface area contributed by atoms with Gasteiger partial charge in [-0.25, -0.2) is 0 Å². The highest BCUT2D eigenvalue weighted by Gasteiger charge is 2.09. The van der Waals surface area contributed by atoms with Gasteiger partial charge in [0.1, 0.15) is 0 Å². The lowest BCUT2D eigenvalue weighted by Gasteiger charge is -2.15. The van der Waals surface area contributed by atoms with E-state index in [0.717, 1.165) is 3.58 Å².